The van der Waals surface area contributed by atoms with Crippen molar-refractivity contribution in [1.82, 2.24) is 0 Å². The van der Waals surface area contributed by atoms with Gasteiger partial charge in [-0.2, -0.15) is 0 Å². The summed E-state index contributed by atoms with van der Waals surface area (Å²) in [4.78, 5) is 0. The fraction of sp³-hybridized carbons (Fsp3) is 0.294. The van der Waals surface area contributed by atoms with Gasteiger partial charge in [0, 0.05) is 11.4 Å². The molecule has 0 saturated heterocycles. The molecule has 1 N–H and O–H groups in total. The Kier molecular flexibility index (Phi) is 4.28. The summed E-state index contributed by atoms with van der Waals surface area (Å²) in [5, 5.41) is 11.1. The molecule has 0 radical (unpaired) electrons. The first-order valence-electron chi connectivity index (χ1n) is 6.48. The molecule has 2 rings (SSSR count). The van der Waals surface area contributed by atoms with E-state index in [-0.39, 0.29) is 0 Å². The summed E-state index contributed by atoms with van der Waals surface area (Å²) >= 11 is 6.14. The predicted octanol–water partition coefficient (Wildman–Crippen LogP) is 4.54. The number of halogens is 1. The van der Waals surface area contributed by atoms with E-state index in [1.807, 2.05) is 31.2 Å². The van der Waals surface area contributed by atoms with E-state index in [1.54, 1.807) is 0 Å². The fourth-order valence-corrected chi connectivity index (χ4v) is 2.54. The number of hydrogen-bond donors (Lipinski definition) is 1. The van der Waals surface area contributed by atoms with Crippen molar-refractivity contribution in [2.24, 2.45) is 0 Å². The number of rotatable bonds is 3. The van der Waals surface area contributed by atoms with Crippen LogP contribution < -0.4 is 0 Å². The molecule has 0 spiro atoms. The summed E-state index contributed by atoms with van der Waals surface area (Å²) in [7, 11) is 0. The van der Waals surface area contributed by atoms with Crippen molar-refractivity contribution in [3.63, 3.8) is 0 Å². The highest BCUT2D eigenvalue weighted by Gasteiger charge is 2.14. The van der Waals surface area contributed by atoms with Gasteiger partial charge < -0.3 is 5.11 Å². The van der Waals surface area contributed by atoms with E-state index < -0.39 is 6.10 Å². The standard InChI is InChI=1S/C17H19ClO/c1-11-8-13(3)15(9-12(11)2)17(19)10-14-6-4-5-7-16(14)18/h4-9,17,19H,10H2,1-3H3. The van der Waals surface area contributed by atoms with Gasteiger partial charge in [-0.1, -0.05) is 41.9 Å². The Morgan fingerprint density at radius 2 is 1.63 bits per heavy atom. The Morgan fingerprint density at radius 3 is 2.32 bits per heavy atom. The van der Waals surface area contributed by atoms with Crippen LogP contribution in [0.4, 0.5) is 0 Å². The number of aryl methyl sites for hydroxylation is 3. The highest BCUT2D eigenvalue weighted by atomic mass is 35.5. The van der Waals surface area contributed by atoms with Crippen LogP contribution in [0.2, 0.25) is 5.02 Å². The number of hydrogen-bond acceptors (Lipinski definition) is 1. The maximum atomic E-state index is 10.4. The zero-order chi connectivity index (χ0) is 14.0. The first-order chi connectivity index (χ1) is 8.99. The smallest absolute Gasteiger partial charge is 0.0833 e. The van der Waals surface area contributed by atoms with Gasteiger partial charge in [-0.15, -0.1) is 0 Å². The Hall–Kier alpha value is -1.31. The lowest BCUT2D eigenvalue weighted by Crippen LogP contribution is -2.05. The third kappa shape index (κ3) is 3.17. The normalized spacial score (nSPS) is 12.5. The molecule has 0 heterocycles. The average molecular weight is 275 g/mol. The van der Waals surface area contributed by atoms with Crippen molar-refractivity contribution in [1.29, 1.82) is 0 Å². The number of aliphatic hydroxyl groups excluding tert-OH is 1. The van der Waals surface area contributed by atoms with Gasteiger partial charge in [0.05, 0.1) is 6.10 Å². The maximum Gasteiger partial charge on any atom is 0.0833 e. The predicted molar refractivity (Wildman–Crippen MR) is 80.8 cm³/mol. The Morgan fingerprint density at radius 1 is 1.00 bits per heavy atom. The van der Waals surface area contributed by atoms with E-state index in [4.69, 9.17) is 11.6 Å². The van der Waals surface area contributed by atoms with Crippen LogP contribution in [0.3, 0.4) is 0 Å². The first-order valence-corrected chi connectivity index (χ1v) is 6.86. The van der Waals surface area contributed by atoms with Gasteiger partial charge in [0.2, 0.25) is 0 Å². The molecule has 2 aromatic rings. The van der Waals surface area contributed by atoms with Crippen molar-refractivity contribution >= 4 is 11.6 Å². The molecular weight excluding hydrogens is 256 g/mol. The van der Waals surface area contributed by atoms with Gasteiger partial charge in [-0.25, -0.2) is 0 Å². The maximum absolute atomic E-state index is 10.4. The van der Waals surface area contributed by atoms with Gasteiger partial charge in [0.25, 0.3) is 0 Å². The van der Waals surface area contributed by atoms with Crippen LogP contribution in [0, 0.1) is 20.8 Å². The van der Waals surface area contributed by atoms with Crippen molar-refractivity contribution in [2.45, 2.75) is 33.3 Å². The van der Waals surface area contributed by atoms with E-state index in [1.165, 1.54) is 11.1 Å². The second-order valence-corrected chi connectivity index (χ2v) is 5.51. The lowest BCUT2D eigenvalue weighted by molar-refractivity contribution is 0.177. The van der Waals surface area contributed by atoms with E-state index in [0.29, 0.717) is 11.4 Å². The Bertz CT molecular complexity index is 590. The molecule has 0 amide bonds. The van der Waals surface area contributed by atoms with Crippen molar-refractivity contribution in [3.05, 3.63) is 69.2 Å². The zero-order valence-corrected chi connectivity index (χ0v) is 12.3. The second-order valence-electron chi connectivity index (χ2n) is 5.10. The van der Waals surface area contributed by atoms with Crippen LogP contribution in [0.15, 0.2) is 36.4 Å². The van der Waals surface area contributed by atoms with Gasteiger partial charge in [-0.05, 0) is 54.7 Å². The molecular formula is C17H19ClO. The molecule has 0 aromatic heterocycles. The molecule has 1 unspecified atom stereocenters. The van der Waals surface area contributed by atoms with Crippen LogP contribution in [0.5, 0.6) is 0 Å². The SMILES string of the molecule is Cc1cc(C)c(C(O)Cc2ccccc2Cl)cc1C. The van der Waals surface area contributed by atoms with E-state index in [2.05, 4.69) is 26.0 Å². The summed E-state index contributed by atoms with van der Waals surface area (Å²) in [6.07, 6.45) is 0.0300. The largest absolute Gasteiger partial charge is 0.388 e. The Labute approximate surface area is 119 Å². The molecule has 0 aliphatic rings. The highest BCUT2D eigenvalue weighted by molar-refractivity contribution is 6.31. The summed E-state index contributed by atoms with van der Waals surface area (Å²) in [6.45, 7) is 6.20. The minimum Gasteiger partial charge on any atom is -0.388 e. The van der Waals surface area contributed by atoms with Crippen LogP contribution in [-0.4, -0.2) is 5.11 Å². The lowest BCUT2D eigenvalue weighted by Gasteiger charge is -2.16. The summed E-state index contributed by atoms with van der Waals surface area (Å²) in [5.74, 6) is 0. The van der Waals surface area contributed by atoms with Gasteiger partial charge in [0.15, 0.2) is 0 Å². The van der Waals surface area contributed by atoms with Gasteiger partial charge in [-0.3, -0.25) is 0 Å². The van der Waals surface area contributed by atoms with E-state index in [0.717, 1.165) is 16.7 Å². The molecule has 100 valence electrons. The van der Waals surface area contributed by atoms with Crippen molar-refractivity contribution in [2.75, 3.05) is 0 Å². The second kappa shape index (κ2) is 5.77. The molecule has 1 nitrogen and oxygen atoms in total. The summed E-state index contributed by atoms with van der Waals surface area (Å²) in [5.41, 5.74) is 5.56. The molecule has 0 aliphatic heterocycles. The van der Waals surface area contributed by atoms with Crippen molar-refractivity contribution in [3.8, 4) is 0 Å². The minimum atomic E-state index is -0.515. The summed E-state index contributed by atoms with van der Waals surface area (Å²) in [6, 6.07) is 11.9. The van der Waals surface area contributed by atoms with Crippen molar-refractivity contribution < 1.29 is 5.11 Å². The molecule has 0 saturated carbocycles. The Balaban J connectivity index is 2.28. The quantitative estimate of drug-likeness (QED) is 0.871. The average Bonchev–Trinajstić information content (AvgIpc) is 2.36. The lowest BCUT2D eigenvalue weighted by atomic mass is 9.94. The topological polar surface area (TPSA) is 20.2 Å². The first kappa shape index (κ1) is 14.1. The van der Waals surface area contributed by atoms with Crippen LogP contribution in [0.25, 0.3) is 0 Å². The monoisotopic (exact) mass is 274 g/mol. The molecule has 0 aliphatic carbocycles. The summed E-state index contributed by atoms with van der Waals surface area (Å²) < 4.78 is 0. The van der Waals surface area contributed by atoms with E-state index >= 15 is 0 Å². The zero-order valence-electron chi connectivity index (χ0n) is 11.6. The van der Waals surface area contributed by atoms with Crippen LogP contribution in [-0.2, 0) is 6.42 Å². The third-order valence-corrected chi connectivity index (χ3v) is 3.98. The van der Waals surface area contributed by atoms with E-state index in [9.17, 15) is 5.11 Å². The fourth-order valence-electron chi connectivity index (χ4n) is 2.32. The molecule has 2 aromatic carbocycles. The van der Waals surface area contributed by atoms with Gasteiger partial charge in [0.1, 0.15) is 0 Å². The minimum absolute atomic E-state index is 0.515. The third-order valence-electron chi connectivity index (χ3n) is 3.61. The molecule has 1 atom stereocenters. The molecule has 0 bridgehead atoms. The highest BCUT2D eigenvalue weighted by Crippen LogP contribution is 2.27. The molecule has 2 heteroatoms. The number of aliphatic hydroxyl groups is 1. The van der Waals surface area contributed by atoms with Crippen LogP contribution >= 0.6 is 11.6 Å². The number of benzene rings is 2. The molecule has 0 fully saturated rings. The van der Waals surface area contributed by atoms with Gasteiger partial charge >= 0.3 is 0 Å². The molecule has 19 heavy (non-hydrogen) atoms. The van der Waals surface area contributed by atoms with Crippen LogP contribution in [0.1, 0.15) is 33.9 Å².